The fourth-order valence-corrected chi connectivity index (χ4v) is 4.24. The summed E-state index contributed by atoms with van der Waals surface area (Å²) in [6.07, 6.45) is 4.97. The summed E-state index contributed by atoms with van der Waals surface area (Å²) in [5.74, 6) is 0.249. The largest absolute Gasteiger partial charge is 0.382 e. The van der Waals surface area contributed by atoms with Gasteiger partial charge in [0.1, 0.15) is 6.10 Å². The normalized spacial score (nSPS) is 19.5. The number of carbonyl (C=O) groups excluding carboxylic acids is 1. The smallest absolute Gasteiger partial charge is 0.236 e. The van der Waals surface area contributed by atoms with Crippen molar-refractivity contribution in [3.05, 3.63) is 53.3 Å². The summed E-state index contributed by atoms with van der Waals surface area (Å²) < 4.78 is 2.00. The Morgan fingerprint density at radius 1 is 1.00 bits per heavy atom. The number of aliphatic hydroxyl groups excluding tert-OH is 1. The molecular formula is C22H30N4O2. The van der Waals surface area contributed by atoms with Crippen molar-refractivity contribution < 1.29 is 9.90 Å². The molecule has 2 aliphatic heterocycles. The van der Waals surface area contributed by atoms with Crippen LogP contribution >= 0.6 is 0 Å². The molecular weight excluding hydrogens is 352 g/mol. The molecule has 6 heteroatoms. The van der Waals surface area contributed by atoms with Crippen molar-refractivity contribution >= 4 is 5.91 Å². The average molecular weight is 383 g/mol. The van der Waals surface area contributed by atoms with Crippen LogP contribution in [0.15, 0.2) is 36.4 Å². The van der Waals surface area contributed by atoms with Gasteiger partial charge in [0.05, 0.1) is 17.9 Å². The molecule has 0 saturated carbocycles. The molecule has 2 aromatic rings. The minimum absolute atomic E-state index is 0.249. The van der Waals surface area contributed by atoms with E-state index in [-0.39, 0.29) is 5.91 Å². The summed E-state index contributed by atoms with van der Waals surface area (Å²) in [7, 11) is 0. The lowest BCUT2D eigenvalue weighted by molar-refractivity contribution is -0.132. The van der Waals surface area contributed by atoms with E-state index in [4.69, 9.17) is 0 Å². The molecule has 0 bridgehead atoms. The first-order valence-corrected chi connectivity index (χ1v) is 10.5. The van der Waals surface area contributed by atoms with Gasteiger partial charge in [-0.15, -0.1) is 0 Å². The van der Waals surface area contributed by atoms with Gasteiger partial charge in [-0.25, -0.2) is 0 Å². The lowest BCUT2D eigenvalue weighted by atomic mass is 10.1. The van der Waals surface area contributed by atoms with Crippen LogP contribution in [0.5, 0.6) is 0 Å². The number of likely N-dealkylation sites (tertiary alicyclic amines) is 1. The molecule has 1 aromatic heterocycles. The SMILES string of the molecule is O=C(CN1CCCn2nc(C(O)c3ccccc3)cc2C1)N1CCCCCC1. The van der Waals surface area contributed by atoms with Crippen LogP contribution in [0.4, 0.5) is 0 Å². The van der Waals surface area contributed by atoms with Crippen molar-refractivity contribution in [1.82, 2.24) is 19.6 Å². The zero-order valence-corrected chi connectivity index (χ0v) is 16.5. The van der Waals surface area contributed by atoms with Crippen LogP contribution in [0.1, 0.15) is 55.2 Å². The number of fused-ring (bicyclic) bond motifs is 1. The van der Waals surface area contributed by atoms with Gasteiger partial charge in [0.25, 0.3) is 0 Å². The van der Waals surface area contributed by atoms with E-state index in [9.17, 15) is 9.90 Å². The molecule has 1 saturated heterocycles. The molecule has 0 radical (unpaired) electrons. The van der Waals surface area contributed by atoms with Crippen LogP contribution < -0.4 is 0 Å². The Bertz CT molecular complexity index is 781. The van der Waals surface area contributed by atoms with Crippen LogP contribution in [0.3, 0.4) is 0 Å². The second kappa shape index (κ2) is 8.88. The van der Waals surface area contributed by atoms with Crippen LogP contribution in [-0.4, -0.2) is 56.8 Å². The highest BCUT2D eigenvalue weighted by atomic mass is 16.3. The van der Waals surface area contributed by atoms with Crippen molar-refractivity contribution in [3.63, 3.8) is 0 Å². The lowest BCUT2D eigenvalue weighted by Crippen LogP contribution is -2.40. The summed E-state index contributed by atoms with van der Waals surface area (Å²) in [6.45, 7) is 4.71. The molecule has 1 unspecified atom stereocenters. The number of nitrogens with zero attached hydrogens (tertiary/aromatic N) is 4. The molecule has 0 aliphatic carbocycles. The summed E-state index contributed by atoms with van der Waals surface area (Å²) in [6, 6.07) is 11.6. The van der Waals surface area contributed by atoms with Gasteiger partial charge in [-0.3, -0.25) is 14.4 Å². The number of amides is 1. The maximum Gasteiger partial charge on any atom is 0.236 e. The minimum atomic E-state index is -0.715. The van der Waals surface area contributed by atoms with Crippen LogP contribution in [0.25, 0.3) is 0 Å². The monoisotopic (exact) mass is 382 g/mol. The molecule has 150 valence electrons. The van der Waals surface area contributed by atoms with Gasteiger partial charge in [0, 0.05) is 32.7 Å². The van der Waals surface area contributed by atoms with Crippen LogP contribution in [-0.2, 0) is 17.9 Å². The molecule has 1 N–H and O–H groups in total. The number of benzene rings is 1. The Hall–Kier alpha value is -2.18. The van der Waals surface area contributed by atoms with Gasteiger partial charge in [0.15, 0.2) is 0 Å². The molecule has 6 nitrogen and oxygen atoms in total. The molecule has 1 atom stereocenters. The summed E-state index contributed by atoms with van der Waals surface area (Å²) in [4.78, 5) is 17.0. The summed E-state index contributed by atoms with van der Waals surface area (Å²) in [5.41, 5.74) is 2.61. The van der Waals surface area contributed by atoms with Gasteiger partial charge < -0.3 is 10.0 Å². The Labute approximate surface area is 166 Å². The zero-order chi connectivity index (χ0) is 19.3. The van der Waals surface area contributed by atoms with Crippen molar-refractivity contribution in [1.29, 1.82) is 0 Å². The molecule has 1 amide bonds. The van der Waals surface area contributed by atoms with Gasteiger partial charge >= 0.3 is 0 Å². The third-order valence-corrected chi connectivity index (χ3v) is 5.83. The highest BCUT2D eigenvalue weighted by molar-refractivity contribution is 5.78. The van der Waals surface area contributed by atoms with Gasteiger partial charge in [-0.1, -0.05) is 43.2 Å². The first kappa shape index (κ1) is 19.2. The van der Waals surface area contributed by atoms with E-state index < -0.39 is 6.10 Å². The Morgan fingerprint density at radius 2 is 1.75 bits per heavy atom. The standard InChI is InChI=1S/C22H30N4O2/c27-21(25-12-6-1-2-7-13-25)17-24-11-8-14-26-19(16-24)15-20(23-26)22(28)18-9-4-3-5-10-18/h3-5,9-10,15,22,28H,1-2,6-8,11-14,16-17H2. The molecule has 2 aliphatic rings. The number of hydrogen-bond donors (Lipinski definition) is 1. The van der Waals surface area contributed by atoms with Crippen LogP contribution in [0.2, 0.25) is 0 Å². The van der Waals surface area contributed by atoms with Crippen molar-refractivity contribution in [3.8, 4) is 0 Å². The predicted molar refractivity (Wildman–Crippen MR) is 108 cm³/mol. The van der Waals surface area contributed by atoms with Crippen molar-refractivity contribution in [2.24, 2.45) is 0 Å². The van der Waals surface area contributed by atoms with E-state index in [1.165, 1.54) is 12.8 Å². The summed E-state index contributed by atoms with van der Waals surface area (Å²) >= 11 is 0. The number of aliphatic hydroxyl groups is 1. The topological polar surface area (TPSA) is 61.6 Å². The first-order valence-electron chi connectivity index (χ1n) is 10.5. The first-order chi connectivity index (χ1) is 13.7. The Kier molecular flexibility index (Phi) is 6.07. The van der Waals surface area contributed by atoms with Crippen molar-refractivity contribution in [2.75, 3.05) is 26.2 Å². The maximum absolute atomic E-state index is 12.8. The number of carbonyl (C=O) groups is 1. The van der Waals surface area contributed by atoms with Gasteiger partial charge in [0.2, 0.25) is 5.91 Å². The Morgan fingerprint density at radius 3 is 2.50 bits per heavy atom. The van der Waals surface area contributed by atoms with E-state index in [0.717, 1.165) is 56.7 Å². The fraction of sp³-hybridized carbons (Fsp3) is 0.545. The van der Waals surface area contributed by atoms with Gasteiger partial charge in [-0.2, -0.15) is 5.10 Å². The molecule has 28 heavy (non-hydrogen) atoms. The fourth-order valence-electron chi connectivity index (χ4n) is 4.24. The van der Waals surface area contributed by atoms with E-state index >= 15 is 0 Å². The number of rotatable bonds is 4. The third-order valence-electron chi connectivity index (χ3n) is 5.83. The molecule has 0 spiro atoms. The summed E-state index contributed by atoms with van der Waals surface area (Å²) in [5, 5.41) is 15.3. The predicted octanol–water partition coefficient (Wildman–Crippen LogP) is 2.57. The number of hydrogen-bond acceptors (Lipinski definition) is 4. The second-order valence-electron chi connectivity index (χ2n) is 7.96. The molecule has 3 heterocycles. The molecule has 1 aromatic carbocycles. The van der Waals surface area contributed by atoms with E-state index in [0.29, 0.717) is 18.8 Å². The second-order valence-corrected chi connectivity index (χ2v) is 7.96. The zero-order valence-electron chi connectivity index (χ0n) is 16.5. The highest BCUT2D eigenvalue weighted by Gasteiger charge is 2.23. The molecule has 4 rings (SSSR count). The van der Waals surface area contributed by atoms with E-state index in [1.807, 2.05) is 46.0 Å². The number of aromatic nitrogens is 2. The third kappa shape index (κ3) is 4.45. The lowest BCUT2D eigenvalue weighted by Gasteiger charge is -2.25. The van der Waals surface area contributed by atoms with Crippen molar-refractivity contribution in [2.45, 2.75) is 51.3 Å². The Balaban J connectivity index is 1.43. The highest BCUT2D eigenvalue weighted by Crippen LogP contribution is 2.23. The maximum atomic E-state index is 12.8. The van der Waals surface area contributed by atoms with E-state index in [2.05, 4.69) is 10.00 Å². The number of aryl methyl sites for hydroxylation is 1. The quantitative estimate of drug-likeness (QED) is 0.883. The minimum Gasteiger partial charge on any atom is -0.382 e. The van der Waals surface area contributed by atoms with E-state index in [1.54, 1.807) is 0 Å². The van der Waals surface area contributed by atoms with Crippen LogP contribution in [0, 0.1) is 0 Å². The molecule has 1 fully saturated rings. The van der Waals surface area contributed by atoms with Gasteiger partial charge in [-0.05, 0) is 30.9 Å². The average Bonchev–Trinajstić information content (AvgIpc) is 2.89.